The Morgan fingerprint density at radius 3 is 1.67 bits per heavy atom. The third-order valence-corrected chi connectivity index (χ3v) is 10.3. The molecule has 244 valence electrons. The zero-order valence-corrected chi connectivity index (χ0v) is 30.0. The lowest BCUT2D eigenvalue weighted by molar-refractivity contribution is 0.0787. The number of nitrogens with zero attached hydrogens (tertiary/aromatic N) is 1. The fraction of sp³-hybridized carbons (Fsp3) is 0.0556. The van der Waals surface area contributed by atoms with Crippen LogP contribution >= 0.6 is 69.1 Å². The molecule has 6 rings (SSSR count). The number of hydrogen-bond donors (Lipinski definition) is 3. The number of amides is 2. The van der Waals surface area contributed by atoms with Gasteiger partial charge in [0.15, 0.2) is 0 Å². The molecule has 0 aliphatic carbocycles. The maximum absolute atomic E-state index is 13.0. The van der Waals surface area contributed by atoms with E-state index in [1.807, 2.05) is 83.6 Å². The van der Waals surface area contributed by atoms with Crippen LogP contribution in [0.25, 0.3) is 22.3 Å². The van der Waals surface area contributed by atoms with Crippen molar-refractivity contribution in [3.05, 3.63) is 145 Å². The van der Waals surface area contributed by atoms with E-state index in [-0.39, 0.29) is 11.8 Å². The summed E-state index contributed by atoms with van der Waals surface area (Å²) in [6, 6.07) is 29.6. The van der Waals surface area contributed by atoms with Crippen molar-refractivity contribution in [3.8, 4) is 22.3 Å². The van der Waals surface area contributed by atoms with Crippen molar-refractivity contribution in [2.75, 3.05) is 23.8 Å². The average molecular weight is 755 g/mol. The average Bonchev–Trinajstić information content (AvgIpc) is 3.66. The second kappa shape index (κ2) is 15.9. The molecule has 6 nitrogen and oxygen atoms in total. The first-order chi connectivity index (χ1) is 23.0. The van der Waals surface area contributed by atoms with E-state index < -0.39 is 0 Å². The molecule has 0 radical (unpaired) electrons. The first-order valence-corrected chi connectivity index (χ1v) is 17.6. The molecule has 6 aromatic rings. The smallest absolute Gasteiger partial charge is 0.259 e. The summed E-state index contributed by atoms with van der Waals surface area (Å²) < 4.78 is 0. The first-order valence-electron chi connectivity index (χ1n) is 14.3. The summed E-state index contributed by atoms with van der Waals surface area (Å²) in [5.74, 6) is -0.375. The largest absolute Gasteiger partial charge is 0.390 e. The Balaban J connectivity index is 0.000000188. The van der Waals surface area contributed by atoms with Crippen molar-refractivity contribution < 1.29 is 9.59 Å². The van der Waals surface area contributed by atoms with E-state index in [9.17, 15) is 9.59 Å². The van der Waals surface area contributed by atoms with Crippen molar-refractivity contribution in [1.82, 2.24) is 4.90 Å². The van der Waals surface area contributed by atoms with Crippen molar-refractivity contribution in [2.45, 2.75) is 6.54 Å². The Bertz CT molecular complexity index is 2070. The number of benzene rings is 4. The maximum Gasteiger partial charge on any atom is 0.259 e. The summed E-state index contributed by atoms with van der Waals surface area (Å²) in [4.78, 5) is 27.2. The zero-order valence-electron chi connectivity index (χ0n) is 25.3. The van der Waals surface area contributed by atoms with Gasteiger partial charge in [0, 0.05) is 41.2 Å². The van der Waals surface area contributed by atoms with Gasteiger partial charge in [-0.2, -0.15) is 0 Å². The van der Waals surface area contributed by atoms with Crippen LogP contribution in [-0.2, 0) is 6.54 Å². The van der Waals surface area contributed by atoms with Crippen LogP contribution in [0.4, 0.5) is 15.7 Å². The molecule has 0 spiro atoms. The lowest BCUT2D eigenvalue weighted by Gasteiger charge is -2.18. The van der Waals surface area contributed by atoms with Crippen molar-refractivity contribution in [3.63, 3.8) is 0 Å². The molecule has 0 saturated carbocycles. The van der Waals surface area contributed by atoms with Crippen LogP contribution in [0.5, 0.6) is 0 Å². The van der Waals surface area contributed by atoms with E-state index in [2.05, 4.69) is 5.32 Å². The van der Waals surface area contributed by atoms with E-state index >= 15 is 0 Å². The molecule has 0 bridgehead atoms. The van der Waals surface area contributed by atoms with E-state index in [1.54, 1.807) is 36.2 Å². The third-order valence-electron chi connectivity index (χ3n) is 7.18. The molecule has 0 atom stereocenters. The molecule has 0 fully saturated rings. The zero-order chi connectivity index (χ0) is 34.4. The van der Waals surface area contributed by atoms with Crippen LogP contribution in [0.1, 0.15) is 26.3 Å². The highest BCUT2D eigenvalue weighted by molar-refractivity contribution is 7.15. The lowest BCUT2D eigenvalue weighted by atomic mass is 10.0. The molecule has 48 heavy (non-hydrogen) atoms. The molecule has 2 heterocycles. The quantitative estimate of drug-likeness (QED) is 0.151. The minimum absolute atomic E-state index is 0.122. The monoisotopic (exact) mass is 752 g/mol. The fourth-order valence-electron chi connectivity index (χ4n) is 4.79. The molecule has 2 aromatic heterocycles. The van der Waals surface area contributed by atoms with Crippen LogP contribution in [0.2, 0.25) is 20.1 Å². The van der Waals surface area contributed by atoms with Gasteiger partial charge in [-0.05, 0) is 53.1 Å². The summed E-state index contributed by atoms with van der Waals surface area (Å²) >= 11 is 26.8. The van der Waals surface area contributed by atoms with Crippen LogP contribution in [-0.4, -0.2) is 23.8 Å². The Morgan fingerprint density at radius 2 is 1.15 bits per heavy atom. The number of nitrogen functional groups attached to an aromatic ring is 2. The first kappa shape index (κ1) is 35.3. The molecule has 0 aliphatic heterocycles. The van der Waals surface area contributed by atoms with Crippen LogP contribution in [0.3, 0.4) is 0 Å². The standard InChI is InChI=1S/C19H16Cl2N2OS.C17H12Cl2N2OS/c1-23(10-12-5-3-2-4-6-12)19(24)17-14(11-25-18(17)22)13-7-8-15(20)16(21)9-13;18-13-7-6-10(8-14(13)19)12-9-23-16(20)15(12)17(22)21-11-4-2-1-3-5-11/h2-9,11H,10,22H2,1H3;1-9H,20H2,(H,21,22). The Morgan fingerprint density at radius 1 is 0.667 bits per heavy atom. The molecule has 4 aromatic carbocycles. The van der Waals surface area contributed by atoms with Gasteiger partial charge in [0.25, 0.3) is 11.8 Å². The van der Waals surface area contributed by atoms with Crippen molar-refractivity contribution in [2.24, 2.45) is 0 Å². The van der Waals surface area contributed by atoms with Gasteiger partial charge in [0.05, 0.1) is 41.2 Å². The van der Waals surface area contributed by atoms with E-state index in [4.69, 9.17) is 57.9 Å². The van der Waals surface area contributed by atoms with Gasteiger partial charge in [-0.3, -0.25) is 9.59 Å². The van der Waals surface area contributed by atoms with Gasteiger partial charge in [-0.25, -0.2) is 0 Å². The molecule has 0 unspecified atom stereocenters. The number of halogens is 4. The summed E-state index contributed by atoms with van der Waals surface area (Å²) in [5.41, 5.74) is 17.9. The minimum atomic E-state index is -0.254. The minimum Gasteiger partial charge on any atom is -0.390 e. The summed E-state index contributed by atoms with van der Waals surface area (Å²) in [6.07, 6.45) is 0. The number of nitrogens with one attached hydrogen (secondary N) is 1. The summed E-state index contributed by atoms with van der Waals surface area (Å²) in [5, 5.41) is 9.33. The highest BCUT2D eigenvalue weighted by atomic mass is 35.5. The van der Waals surface area contributed by atoms with Gasteiger partial charge < -0.3 is 21.7 Å². The van der Waals surface area contributed by atoms with E-state index in [0.717, 1.165) is 27.8 Å². The van der Waals surface area contributed by atoms with Crippen LogP contribution < -0.4 is 16.8 Å². The number of anilines is 3. The second-order valence-corrected chi connectivity index (χ2v) is 14.0. The molecular weight excluding hydrogens is 726 g/mol. The third kappa shape index (κ3) is 8.33. The Hall–Kier alpha value is -4.02. The number of rotatable bonds is 7. The Labute approximate surface area is 306 Å². The molecular formula is C36H28Cl4N4O2S2. The van der Waals surface area contributed by atoms with Crippen LogP contribution in [0, 0.1) is 0 Å². The van der Waals surface area contributed by atoms with Gasteiger partial charge >= 0.3 is 0 Å². The molecule has 0 saturated heterocycles. The number of carbonyl (C=O) groups excluding carboxylic acids is 2. The highest BCUT2D eigenvalue weighted by Gasteiger charge is 2.23. The predicted molar refractivity (Wildman–Crippen MR) is 205 cm³/mol. The fourth-order valence-corrected chi connectivity index (χ4v) is 7.02. The maximum atomic E-state index is 13.0. The summed E-state index contributed by atoms with van der Waals surface area (Å²) in [6.45, 7) is 0.510. The molecule has 12 heteroatoms. The normalized spacial score (nSPS) is 10.6. The SMILES string of the molecule is CN(Cc1ccccc1)C(=O)c1c(-c2ccc(Cl)c(Cl)c2)csc1N.Nc1scc(-c2ccc(Cl)c(Cl)c2)c1C(=O)Nc1ccccc1. The predicted octanol–water partition coefficient (Wildman–Crippen LogP) is 11.1. The topological polar surface area (TPSA) is 101 Å². The van der Waals surface area contributed by atoms with E-state index in [0.29, 0.717) is 53.5 Å². The highest BCUT2D eigenvalue weighted by Crippen LogP contribution is 2.38. The van der Waals surface area contributed by atoms with Crippen LogP contribution in [0.15, 0.2) is 108 Å². The second-order valence-electron chi connectivity index (χ2n) is 10.5. The van der Waals surface area contributed by atoms with Gasteiger partial charge in [0.2, 0.25) is 0 Å². The molecule has 2 amide bonds. The number of thiophene rings is 2. The van der Waals surface area contributed by atoms with E-state index in [1.165, 1.54) is 22.7 Å². The lowest BCUT2D eigenvalue weighted by Crippen LogP contribution is -2.26. The summed E-state index contributed by atoms with van der Waals surface area (Å²) in [7, 11) is 1.77. The van der Waals surface area contributed by atoms with Gasteiger partial charge in [0.1, 0.15) is 0 Å². The van der Waals surface area contributed by atoms with Gasteiger partial charge in [-0.1, -0.05) is 107 Å². The van der Waals surface area contributed by atoms with Crippen molar-refractivity contribution in [1.29, 1.82) is 0 Å². The Kier molecular flexibility index (Phi) is 11.7. The number of para-hydroxylation sites is 1. The number of nitrogens with two attached hydrogens (primary N) is 2. The number of hydrogen-bond acceptors (Lipinski definition) is 6. The number of carbonyl (C=O) groups is 2. The molecule has 0 aliphatic rings. The molecule has 5 N–H and O–H groups in total. The van der Waals surface area contributed by atoms with Gasteiger partial charge in [-0.15, -0.1) is 22.7 Å². The van der Waals surface area contributed by atoms with Crippen molar-refractivity contribution >= 4 is 96.6 Å².